The van der Waals surface area contributed by atoms with E-state index in [0.29, 0.717) is 87.4 Å². The number of ether oxygens (including phenoxy) is 3. The topological polar surface area (TPSA) is 141 Å². The minimum Gasteiger partial charge on any atom is -0.504 e. The number of phenolic OH excluding ortho intramolecular Hbond substituents is 1. The molecule has 0 bridgehead atoms. The first-order valence-electron chi connectivity index (χ1n) is 19.5. The third-order valence-corrected chi connectivity index (χ3v) is 11.5. The van der Waals surface area contributed by atoms with E-state index in [0.717, 1.165) is 43.4 Å². The van der Waals surface area contributed by atoms with E-state index in [9.17, 15) is 24.3 Å². The van der Waals surface area contributed by atoms with Crippen LogP contribution in [0.5, 0.6) is 11.5 Å². The Kier molecular flexibility index (Phi) is 12.1. The number of nitrogens with one attached hydrogen (secondary N) is 1. The summed E-state index contributed by atoms with van der Waals surface area (Å²) in [7, 11) is 1.48. The first kappa shape index (κ1) is 39.0. The maximum absolute atomic E-state index is 14.2. The van der Waals surface area contributed by atoms with Crippen LogP contribution in [0.25, 0.3) is 0 Å². The number of nitrogens with zero attached hydrogens (tertiary/aromatic N) is 4. The highest BCUT2D eigenvalue weighted by molar-refractivity contribution is 5.91. The van der Waals surface area contributed by atoms with E-state index >= 15 is 0 Å². The van der Waals surface area contributed by atoms with Gasteiger partial charge in [-0.1, -0.05) is 24.3 Å². The quantitative estimate of drug-likeness (QED) is 0.342. The SMILES string of the molecule is COc1cc(C[C@@H](OC(=O)N2CCC(N3CCc4ccccc4NC3=O)CC2)C(=O)N2CCC(C3CCN(C(=O)OC(C)(C)C)CC3)CC2)cc(C)c1O. The standard InChI is InChI=1S/C41H57N5O8/c1-27-24-28(25-34(52-5)36(27)47)26-35(37(48)43-17-10-29(11-18-43)30-12-19-45(20-13-30)40(51)54-41(2,3)4)53-39(50)44-21-15-32(16-22-44)46-23-14-31-8-6-7-9-33(31)42-38(46)49/h6-9,24-25,29-30,32,35,47H,10-23,26H2,1-5H3,(H,42,49)/t35-/m1/s1. The average Bonchev–Trinajstić information content (AvgIpc) is 3.33. The fourth-order valence-corrected chi connectivity index (χ4v) is 8.46. The number of likely N-dealkylation sites (tertiary alicyclic amines) is 3. The zero-order valence-electron chi connectivity index (χ0n) is 32.5. The van der Waals surface area contributed by atoms with E-state index < -0.39 is 17.8 Å². The number of carbonyl (C=O) groups is 4. The van der Waals surface area contributed by atoms with E-state index in [2.05, 4.69) is 5.32 Å². The Balaban J connectivity index is 1.06. The highest BCUT2D eigenvalue weighted by Gasteiger charge is 2.38. The Morgan fingerprint density at radius 3 is 2.07 bits per heavy atom. The smallest absolute Gasteiger partial charge is 0.410 e. The van der Waals surface area contributed by atoms with Crippen molar-refractivity contribution < 1.29 is 38.5 Å². The molecule has 6 rings (SSSR count). The predicted octanol–water partition coefficient (Wildman–Crippen LogP) is 6.20. The average molecular weight is 748 g/mol. The number of anilines is 1. The molecule has 0 aliphatic carbocycles. The fraction of sp³-hybridized carbons (Fsp3) is 0.610. The lowest BCUT2D eigenvalue weighted by Crippen LogP contribution is -2.52. The number of fused-ring (bicyclic) bond motifs is 1. The number of aryl methyl sites for hydroxylation is 1. The lowest BCUT2D eigenvalue weighted by atomic mass is 9.79. The zero-order chi connectivity index (χ0) is 38.6. The van der Waals surface area contributed by atoms with Crippen LogP contribution in [-0.4, -0.2) is 120 Å². The number of piperidine rings is 3. The zero-order valence-corrected chi connectivity index (χ0v) is 32.5. The van der Waals surface area contributed by atoms with Gasteiger partial charge in [0.05, 0.1) is 7.11 Å². The van der Waals surface area contributed by atoms with Crippen LogP contribution < -0.4 is 10.1 Å². The first-order chi connectivity index (χ1) is 25.8. The van der Waals surface area contributed by atoms with Gasteiger partial charge in [-0.25, -0.2) is 14.4 Å². The molecular weight excluding hydrogens is 690 g/mol. The van der Waals surface area contributed by atoms with Gasteiger partial charge < -0.3 is 44.2 Å². The summed E-state index contributed by atoms with van der Waals surface area (Å²) in [6, 6.07) is 11.2. The molecule has 13 heteroatoms. The van der Waals surface area contributed by atoms with Crippen molar-refractivity contribution in [2.75, 3.05) is 58.2 Å². The van der Waals surface area contributed by atoms with Gasteiger partial charge in [-0.05, 0) is 113 Å². The van der Waals surface area contributed by atoms with Gasteiger partial charge in [0.1, 0.15) is 5.60 Å². The number of methoxy groups -OCH3 is 1. The number of hydrogen-bond donors (Lipinski definition) is 2. The number of benzene rings is 2. The van der Waals surface area contributed by atoms with Crippen LogP contribution in [0.1, 0.15) is 76.0 Å². The van der Waals surface area contributed by atoms with Crippen LogP contribution in [0.3, 0.4) is 0 Å². The Labute approximate surface area is 318 Å². The van der Waals surface area contributed by atoms with Crippen LogP contribution in [0.2, 0.25) is 0 Å². The number of amides is 5. The minimum absolute atomic E-state index is 0.0147. The maximum atomic E-state index is 14.2. The molecule has 3 saturated heterocycles. The summed E-state index contributed by atoms with van der Waals surface area (Å²) in [5.41, 5.74) is 2.74. The molecule has 2 aromatic rings. The third-order valence-electron chi connectivity index (χ3n) is 11.5. The molecule has 294 valence electrons. The fourth-order valence-electron chi connectivity index (χ4n) is 8.46. The van der Waals surface area contributed by atoms with Crippen molar-refractivity contribution in [2.45, 2.75) is 96.8 Å². The van der Waals surface area contributed by atoms with E-state index in [1.165, 1.54) is 7.11 Å². The summed E-state index contributed by atoms with van der Waals surface area (Å²) in [4.78, 5) is 60.8. The normalized spacial score (nSPS) is 19.8. The number of aromatic hydroxyl groups is 1. The van der Waals surface area contributed by atoms with E-state index in [-0.39, 0.29) is 36.2 Å². The van der Waals surface area contributed by atoms with Crippen molar-refractivity contribution in [2.24, 2.45) is 11.8 Å². The number of hydrogen-bond acceptors (Lipinski definition) is 8. The molecule has 4 aliphatic heterocycles. The van der Waals surface area contributed by atoms with Crippen molar-refractivity contribution in [1.29, 1.82) is 0 Å². The van der Waals surface area contributed by atoms with Gasteiger partial charge in [0.15, 0.2) is 17.6 Å². The van der Waals surface area contributed by atoms with Gasteiger partial charge in [-0.15, -0.1) is 0 Å². The molecule has 4 aliphatic rings. The molecule has 0 saturated carbocycles. The van der Waals surface area contributed by atoms with Crippen LogP contribution in [0.4, 0.5) is 20.1 Å². The summed E-state index contributed by atoms with van der Waals surface area (Å²) >= 11 is 0. The third kappa shape index (κ3) is 9.33. The second-order valence-electron chi connectivity index (χ2n) is 16.3. The minimum atomic E-state index is -1.06. The summed E-state index contributed by atoms with van der Waals surface area (Å²) in [6.07, 6.45) is 3.75. The van der Waals surface area contributed by atoms with Crippen LogP contribution >= 0.6 is 0 Å². The van der Waals surface area contributed by atoms with Gasteiger partial charge in [-0.2, -0.15) is 0 Å². The van der Waals surface area contributed by atoms with Crippen molar-refractivity contribution in [3.8, 4) is 11.5 Å². The van der Waals surface area contributed by atoms with E-state index in [1.54, 1.807) is 28.9 Å². The molecule has 4 heterocycles. The highest BCUT2D eigenvalue weighted by Crippen LogP contribution is 2.35. The largest absolute Gasteiger partial charge is 0.504 e. The van der Waals surface area contributed by atoms with Crippen LogP contribution in [-0.2, 0) is 27.1 Å². The van der Waals surface area contributed by atoms with Crippen LogP contribution in [0.15, 0.2) is 36.4 Å². The number of urea groups is 1. The molecular formula is C41H57N5O8. The van der Waals surface area contributed by atoms with Gasteiger partial charge in [-0.3, -0.25) is 4.79 Å². The molecule has 2 N–H and O–H groups in total. The molecule has 54 heavy (non-hydrogen) atoms. The van der Waals surface area contributed by atoms with Crippen molar-refractivity contribution in [3.05, 3.63) is 53.1 Å². The van der Waals surface area contributed by atoms with Gasteiger partial charge in [0.2, 0.25) is 0 Å². The molecule has 1 atom stereocenters. The summed E-state index contributed by atoms with van der Waals surface area (Å²) in [5.74, 6) is 1.01. The Bertz CT molecular complexity index is 1670. The molecule has 3 fully saturated rings. The van der Waals surface area contributed by atoms with Crippen molar-refractivity contribution in [1.82, 2.24) is 19.6 Å². The first-order valence-corrected chi connectivity index (χ1v) is 19.5. The number of rotatable bonds is 7. The second-order valence-corrected chi connectivity index (χ2v) is 16.3. The second kappa shape index (κ2) is 16.8. The summed E-state index contributed by atoms with van der Waals surface area (Å²) < 4.78 is 17.0. The number of phenols is 1. The lowest BCUT2D eigenvalue weighted by molar-refractivity contribution is -0.142. The molecule has 0 spiro atoms. The van der Waals surface area contributed by atoms with Crippen molar-refractivity contribution in [3.63, 3.8) is 0 Å². The van der Waals surface area contributed by atoms with Crippen LogP contribution in [0, 0.1) is 18.8 Å². The van der Waals surface area contributed by atoms with E-state index in [4.69, 9.17) is 14.2 Å². The predicted molar refractivity (Wildman–Crippen MR) is 204 cm³/mol. The monoisotopic (exact) mass is 747 g/mol. The van der Waals surface area contributed by atoms with Gasteiger partial charge >= 0.3 is 18.2 Å². The lowest BCUT2D eigenvalue weighted by Gasteiger charge is -2.41. The molecule has 2 aromatic carbocycles. The molecule has 5 amide bonds. The van der Waals surface area contributed by atoms with Gasteiger partial charge in [0, 0.05) is 64.0 Å². The maximum Gasteiger partial charge on any atom is 0.410 e. The number of para-hydroxylation sites is 1. The molecule has 0 aromatic heterocycles. The molecule has 13 nitrogen and oxygen atoms in total. The van der Waals surface area contributed by atoms with Gasteiger partial charge in [0.25, 0.3) is 5.91 Å². The molecule has 0 radical (unpaired) electrons. The highest BCUT2D eigenvalue weighted by atomic mass is 16.6. The summed E-state index contributed by atoms with van der Waals surface area (Å²) in [6.45, 7) is 11.3. The Hall–Kier alpha value is -4.68. The number of carbonyl (C=O) groups excluding carboxylic acids is 4. The Morgan fingerprint density at radius 1 is 0.852 bits per heavy atom. The molecule has 0 unspecified atom stereocenters. The van der Waals surface area contributed by atoms with E-state index in [1.807, 2.05) is 54.8 Å². The Morgan fingerprint density at radius 2 is 1.44 bits per heavy atom. The van der Waals surface area contributed by atoms with Crippen molar-refractivity contribution >= 4 is 29.8 Å². The summed E-state index contributed by atoms with van der Waals surface area (Å²) in [5, 5.41) is 13.5.